The van der Waals surface area contributed by atoms with Crippen LogP contribution in [-0.2, 0) is 20.9 Å². The van der Waals surface area contributed by atoms with E-state index in [0.717, 1.165) is 50.9 Å². The van der Waals surface area contributed by atoms with Gasteiger partial charge in [-0.1, -0.05) is 33.1 Å². The lowest BCUT2D eigenvalue weighted by atomic mass is 9.88. The van der Waals surface area contributed by atoms with Crippen molar-refractivity contribution in [2.75, 3.05) is 26.2 Å². The maximum atomic E-state index is 13.3. The second kappa shape index (κ2) is 10.8. The van der Waals surface area contributed by atoms with Gasteiger partial charge in [0.05, 0.1) is 25.5 Å². The minimum absolute atomic E-state index is 0.0262. The van der Waals surface area contributed by atoms with Crippen LogP contribution >= 0.6 is 0 Å². The maximum absolute atomic E-state index is 13.3. The number of nitrogens with zero attached hydrogens (tertiary/aromatic N) is 2. The zero-order chi connectivity index (χ0) is 20.6. The Morgan fingerprint density at radius 2 is 1.90 bits per heavy atom. The smallest absolute Gasteiger partial charge is 0.242 e. The molecule has 1 aliphatic carbocycles. The van der Waals surface area contributed by atoms with Crippen molar-refractivity contribution in [2.45, 2.75) is 71.4 Å². The lowest BCUT2D eigenvalue weighted by Crippen LogP contribution is -2.47. The Bertz CT molecular complexity index is 631. The number of rotatable bonds is 9. The van der Waals surface area contributed by atoms with Gasteiger partial charge in [0.25, 0.3) is 0 Å². The van der Waals surface area contributed by atoms with E-state index in [1.807, 2.05) is 12.1 Å². The van der Waals surface area contributed by atoms with Gasteiger partial charge in [-0.15, -0.1) is 0 Å². The van der Waals surface area contributed by atoms with Crippen LogP contribution in [0.4, 0.5) is 0 Å². The average Bonchev–Trinajstić information content (AvgIpc) is 3.41. The number of carbonyl (C=O) groups is 2. The molecule has 1 saturated carbocycles. The second-order valence-corrected chi connectivity index (χ2v) is 8.94. The normalized spacial score (nSPS) is 20.2. The predicted molar refractivity (Wildman–Crippen MR) is 111 cm³/mol. The van der Waals surface area contributed by atoms with Gasteiger partial charge in [0.15, 0.2) is 0 Å². The summed E-state index contributed by atoms with van der Waals surface area (Å²) in [6, 6.07) is 3.72. The Hall–Kier alpha value is -1.82. The fourth-order valence-corrected chi connectivity index (χ4v) is 4.42. The van der Waals surface area contributed by atoms with Crippen LogP contribution in [-0.4, -0.2) is 54.0 Å². The molecule has 3 rings (SSSR count). The molecule has 0 unspecified atom stereocenters. The van der Waals surface area contributed by atoms with Gasteiger partial charge in [0, 0.05) is 25.6 Å². The van der Waals surface area contributed by atoms with E-state index >= 15 is 0 Å². The molecule has 0 radical (unpaired) electrons. The first kappa shape index (κ1) is 21.9. The minimum atomic E-state index is -0.0262. The predicted octanol–water partition coefficient (Wildman–Crippen LogP) is 3.85. The molecule has 2 heterocycles. The van der Waals surface area contributed by atoms with E-state index in [0.29, 0.717) is 25.6 Å². The lowest BCUT2D eigenvalue weighted by Gasteiger charge is -2.32. The van der Waals surface area contributed by atoms with Crippen LogP contribution in [0.2, 0.25) is 0 Å². The third-order valence-electron chi connectivity index (χ3n) is 5.91. The van der Waals surface area contributed by atoms with Gasteiger partial charge in [-0.2, -0.15) is 0 Å². The van der Waals surface area contributed by atoms with Crippen LogP contribution in [0.3, 0.4) is 0 Å². The summed E-state index contributed by atoms with van der Waals surface area (Å²) in [6.07, 6.45) is 9.05. The number of furan rings is 1. The summed E-state index contributed by atoms with van der Waals surface area (Å²) in [5.41, 5.74) is 0. The molecule has 1 atom stereocenters. The highest BCUT2D eigenvalue weighted by molar-refractivity contribution is 5.86. The maximum Gasteiger partial charge on any atom is 0.242 e. The summed E-state index contributed by atoms with van der Waals surface area (Å²) in [5, 5.41) is 0. The third kappa shape index (κ3) is 6.59. The molecule has 2 fully saturated rings. The highest BCUT2D eigenvalue weighted by atomic mass is 16.5. The van der Waals surface area contributed by atoms with Crippen LogP contribution in [0.5, 0.6) is 0 Å². The molecule has 1 aromatic rings. The molecule has 29 heavy (non-hydrogen) atoms. The van der Waals surface area contributed by atoms with E-state index in [2.05, 4.69) is 13.8 Å². The molecule has 162 valence electrons. The van der Waals surface area contributed by atoms with E-state index in [-0.39, 0.29) is 30.4 Å². The summed E-state index contributed by atoms with van der Waals surface area (Å²) in [6.45, 7) is 6.67. The standard InChI is InChI=1S/C23H36N2O4/c1-18(2)14-25(23(27)19-8-4-3-5-9-19)17-22(26)24(15-20-10-6-12-28-20)16-21-11-7-13-29-21/h6,10,12,18-19,21H,3-5,7-9,11,13-17H2,1-2H3/t21-/m0/s1. The topological polar surface area (TPSA) is 63.0 Å². The molecule has 0 spiro atoms. The van der Waals surface area contributed by atoms with Crippen molar-refractivity contribution in [3.8, 4) is 0 Å². The summed E-state index contributed by atoms with van der Waals surface area (Å²) in [5.74, 6) is 1.29. The van der Waals surface area contributed by atoms with Gasteiger partial charge in [-0.3, -0.25) is 9.59 Å². The molecule has 1 saturated heterocycles. The third-order valence-corrected chi connectivity index (χ3v) is 5.91. The van der Waals surface area contributed by atoms with Crippen molar-refractivity contribution in [3.63, 3.8) is 0 Å². The Balaban J connectivity index is 1.67. The lowest BCUT2D eigenvalue weighted by molar-refractivity contribution is -0.145. The monoisotopic (exact) mass is 404 g/mol. The van der Waals surface area contributed by atoms with Crippen molar-refractivity contribution < 1.29 is 18.7 Å². The first-order valence-corrected chi connectivity index (χ1v) is 11.2. The van der Waals surface area contributed by atoms with Gasteiger partial charge in [-0.25, -0.2) is 0 Å². The minimum Gasteiger partial charge on any atom is -0.467 e. The molecule has 6 heteroatoms. The van der Waals surface area contributed by atoms with Crippen molar-refractivity contribution in [1.82, 2.24) is 9.80 Å². The molecule has 1 aliphatic heterocycles. The van der Waals surface area contributed by atoms with Crippen molar-refractivity contribution in [1.29, 1.82) is 0 Å². The van der Waals surface area contributed by atoms with Crippen LogP contribution in [0.1, 0.15) is 64.6 Å². The van der Waals surface area contributed by atoms with E-state index in [1.165, 1.54) is 6.42 Å². The van der Waals surface area contributed by atoms with E-state index in [1.54, 1.807) is 16.1 Å². The number of ether oxygens (including phenoxy) is 1. The molecule has 0 bridgehead atoms. The van der Waals surface area contributed by atoms with E-state index in [4.69, 9.17) is 9.15 Å². The summed E-state index contributed by atoms with van der Waals surface area (Å²) in [4.78, 5) is 30.0. The average molecular weight is 405 g/mol. The Morgan fingerprint density at radius 1 is 1.10 bits per heavy atom. The van der Waals surface area contributed by atoms with Gasteiger partial charge >= 0.3 is 0 Å². The quantitative estimate of drug-likeness (QED) is 0.627. The number of hydrogen-bond donors (Lipinski definition) is 0. The zero-order valence-corrected chi connectivity index (χ0v) is 18.0. The summed E-state index contributed by atoms with van der Waals surface area (Å²) < 4.78 is 11.2. The fourth-order valence-electron chi connectivity index (χ4n) is 4.42. The van der Waals surface area contributed by atoms with Gasteiger partial charge in [-0.05, 0) is 43.7 Å². The van der Waals surface area contributed by atoms with E-state index in [9.17, 15) is 9.59 Å². The molecule has 0 N–H and O–H groups in total. The zero-order valence-electron chi connectivity index (χ0n) is 18.0. The Kier molecular flexibility index (Phi) is 8.16. The SMILES string of the molecule is CC(C)CN(CC(=O)N(Cc1ccco1)C[C@@H]1CCCO1)C(=O)C1CCCCC1. The van der Waals surface area contributed by atoms with Gasteiger partial charge in [0.1, 0.15) is 5.76 Å². The highest BCUT2D eigenvalue weighted by Crippen LogP contribution is 2.26. The number of hydrogen-bond acceptors (Lipinski definition) is 4. The number of carbonyl (C=O) groups excluding carboxylic acids is 2. The molecular weight excluding hydrogens is 368 g/mol. The summed E-state index contributed by atoms with van der Waals surface area (Å²) >= 11 is 0. The highest BCUT2D eigenvalue weighted by Gasteiger charge is 2.30. The molecule has 6 nitrogen and oxygen atoms in total. The second-order valence-electron chi connectivity index (χ2n) is 8.94. The molecule has 2 amide bonds. The van der Waals surface area contributed by atoms with Crippen LogP contribution in [0, 0.1) is 11.8 Å². The van der Waals surface area contributed by atoms with Gasteiger partial charge in [0.2, 0.25) is 11.8 Å². The van der Waals surface area contributed by atoms with Crippen LogP contribution in [0.25, 0.3) is 0 Å². The fraction of sp³-hybridized carbons (Fsp3) is 0.739. The van der Waals surface area contributed by atoms with Crippen LogP contribution < -0.4 is 0 Å². The van der Waals surface area contributed by atoms with Crippen molar-refractivity contribution in [2.24, 2.45) is 11.8 Å². The number of amides is 2. The van der Waals surface area contributed by atoms with E-state index < -0.39 is 0 Å². The molecule has 0 aromatic carbocycles. The summed E-state index contributed by atoms with van der Waals surface area (Å²) in [7, 11) is 0. The van der Waals surface area contributed by atoms with Crippen LogP contribution in [0.15, 0.2) is 22.8 Å². The first-order chi connectivity index (χ1) is 14.0. The van der Waals surface area contributed by atoms with Crippen molar-refractivity contribution >= 4 is 11.8 Å². The molecular formula is C23H36N2O4. The molecule has 2 aliphatic rings. The van der Waals surface area contributed by atoms with Gasteiger partial charge < -0.3 is 19.0 Å². The molecule has 1 aromatic heterocycles. The first-order valence-electron chi connectivity index (χ1n) is 11.2. The van der Waals surface area contributed by atoms with Crippen molar-refractivity contribution in [3.05, 3.63) is 24.2 Å². The largest absolute Gasteiger partial charge is 0.467 e. The Morgan fingerprint density at radius 3 is 2.52 bits per heavy atom. The Labute approximate surface area is 174 Å².